The minimum absolute atomic E-state index is 0.222. The molecule has 0 aliphatic carbocycles. The summed E-state index contributed by atoms with van der Waals surface area (Å²) in [5.74, 6) is -0.456. The van der Waals surface area contributed by atoms with Crippen LogP contribution in [0.15, 0.2) is 0 Å². The molecule has 0 aromatic carbocycles. The molecule has 0 unspecified atom stereocenters. The van der Waals surface area contributed by atoms with E-state index in [-0.39, 0.29) is 6.42 Å². The van der Waals surface area contributed by atoms with Gasteiger partial charge in [-0.1, -0.05) is 13.8 Å². The van der Waals surface area contributed by atoms with E-state index in [1.54, 1.807) is 0 Å². The minimum atomic E-state index is -1.83. The molecule has 0 rings (SSSR count). The lowest BCUT2D eigenvalue weighted by Crippen LogP contribution is -2.52. The molecule has 0 aliphatic rings. The van der Waals surface area contributed by atoms with Gasteiger partial charge in [-0.2, -0.15) is 0 Å². The summed E-state index contributed by atoms with van der Waals surface area (Å²) in [5.41, 5.74) is 8.20. The summed E-state index contributed by atoms with van der Waals surface area (Å²) >= 11 is 0. The summed E-state index contributed by atoms with van der Waals surface area (Å²) in [6.45, 7) is 3.97. The Hall–Kier alpha value is -0.610. The van der Waals surface area contributed by atoms with Crippen LogP contribution in [-0.4, -0.2) is 16.7 Å². The van der Waals surface area contributed by atoms with Crippen LogP contribution in [0.5, 0.6) is 0 Å². The lowest BCUT2D eigenvalue weighted by Gasteiger charge is -2.19. The van der Waals surface area contributed by atoms with E-state index in [0.29, 0.717) is 12.3 Å². The molecule has 0 bridgehead atoms. The van der Waals surface area contributed by atoms with Crippen molar-refractivity contribution in [3.8, 4) is 0 Å². The van der Waals surface area contributed by atoms with Crippen molar-refractivity contribution in [2.45, 2.75) is 32.4 Å². The Morgan fingerprint density at radius 2 is 2.09 bits per heavy atom. The normalized spacial score (nSPS) is 16.5. The second-order valence-electron chi connectivity index (χ2n) is 3.22. The van der Waals surface area contributed by atoms with E-state index < -0.39 is 11.6 Å². The monoisotopic (exact) mass is 160 g/mol. The van der Waals surface area contributed by atoms with E-state index in [1.807, 2.05) is 13.8 Å². The number of nitrogens with two attached hydrogens (primary N) is 2. The highest BCUT2D eigenvalue weighted by Gasteiger charge is 2.27. The molecule has 5 N–H and O–H groups in total. The summed E-state index contributed by atoms with van der Waals surface area (Å²) < 4.78 is 0. The summed E-state index contributed by atoms with van der Waals surface area (Å²) in [7, 11) is 0. The van der Waals surface area contributed by atoms with Crippen LogP contribution in [0.4, 0.5) is 0 Å². The van der Waals surface area contributed by atoms with Gasteiger partial charge in [0.15, 0.2) is 5.72 Å². The first-order chi connectivity index (χ1) is 4.86. The lowest BCUT2D eigenvalue weighted by molar-refractivity contribution is -0.136. The van der Waals surface area contributed by atoms with Crippen molar-refractivity contribution in [1.82, 2.24) is 0 Å². The summed E-state index contributed by atoms with van der Waals surface area (Å²) in [4.78, 5) is 10.5. The molecule has 0 saturated heterocycles. The van der Waals surface area contributed by atoms with Crippen LogP contribution in [0.3, 0.4) is 0 Å². The van der Waals surface area contributed by atoms with Crippen molar-refractivity contribution < 1.29 is 9.90 Å². The molecule has 0 aliphatic heterocycles. The fraction of sp³-hybridized carbons (Fsp3) is 0.857. The summed E-state index contributed by atoms with van der Waals surface area (Å²) in [5, 5.41) is 9.14. The number of hydrogen-bond acceptors (Lipinski definition) is 3. The van der Waals surface area contributed by atoms with E-state index in [4.69, 9.17) is 16.6 Å². The molecule has 1 atom stereocenters. The van der Waals surface area contributed by atoms with Gasteiger partial charge in [0, 0.05) is 0 Å². The van der Waals surface area contributed by atoms with Gasteiger partial charge >= 0.3 is 0 Å². The Bertz CT molecular complexity index is 143. The third-order valence-electron chi connectivity index (χ3n) is 1.53. The van der Waals surface area contributed by atoms with Gasteiger partial charge in [0.2, 0.25) is 0 Å². The standard InChI is InChI=1S/C7H16N2O2/c1-5(2)3-4-7(9,11)6(8)10/h5,11H,3-4,9H2,1-2H3,(H2,8,10)/t7-/m0/s1. The third-order valence-corrected chi connectivity index (χ3v) is 1.53. The molecule has 0 fully saturated rings. The van der Waals surface area contributed by atoms with Gasteiger partial charge in [-0.15, -0.1) is 0 Å². The number of aliphatic hydroxyl groups is 1. The molecule has 1 amide bonds. The van der Waals surface area contributed by atoms with Gasteiger partial charge in [-0.25, -0.2) is 0 Å². The highest BCUT2D eigenvalue weighted by atomic mass is 16.3. The van der Waals surface area contributed by atoms with Crippen LogP contribution in [0, 0.1) is 5.92 Å². The fourth-order valence-electron chi connectivity index (χ4n) is 0.632. The zero-order valence-corrected chi connectivity index (χ0v) is 7.00. The van der Waals surface area contributed by atoms with Crippen molar-refractivity contribution in [2.75, 3.05) is 0 Å². The molecular formula is C7H16N2O2. The maximum Gasteiger partial charge on any atom is 0.264 e. The van der Waals surface area contributed by atoms with Crippen LogP contribution in [0.2, 0.25) is 0 Å². The third kappa shape index (κ3) is 3.95. The molecule has 0 aromatic rings. The lowest BCUT2D eigenvalue weighted by atomic mass is 10.0. The number of amides is 1. The Morgan fingerprint density at radius 1 is 1.64 bits per heavy atom. The quantitative estimate of drug-likeness (QED) is 0.487. The Kier molecular flexibility index (Phi) is 3.48. The first-order valence-electron chi connectivity index (χ1n) is 3.67. The van der Waals surface area contributed by atoms with Gasteiger partial charge < -0.3 is 10.8 Å². The maximum atomic E-state index is 10.5. The number of primary amides is 1. The van der Waals surface area contributed by atoms with Gasteiger partial charge in [0.1, 0.15) is 0 Å². The molecule has 0 saturated carbocycles. The van der Waals surface area contributed by atoms with Crippen LogP contribution in [-0.2, 0) is 4.79 Å². The van der Waals surface area contributed by atoms with E-state index in [9.17, 15) is 4.79 Å². The smallest absolute Gasteiger partial charge is 0.264 e. The number of carbonyl (C=O) groups excluding carboxylic acids is 1. The molecule has 0 radical (unpaired) electrons. The van der Waals surface area contributed by atoms with E-state index in [1.165, 1.54) is 0 Å². The average molecular weight is 160 g/mol. The topological polar surface area (TPSA) is 89.3 Å². The van der Waals surface area contributed by atoms with E-state index in [2.05, 4.69) is 0 Å². The van der Waals surface area contributed by atoms with Crippen LogP contribution in [0.25, 0.3) is 0 Å². The average Bonchev–Trinajstić information content (AvgIpc) is 1.84. The minimum Gasteiger partial charge on any atom is -0.368 e. The summed E-state index contributed by atoms with van der Waals surface area (Å²) in [6.07, 6.45) is 0.913. The highest BCUT2D eigenvalue weighted by molar-refractivity contribution is 5.82. The molecule has 0 heterocycles. The van der Waals surface area contributed by atoms with E-state index in [0.717, 1.165) is 0 Å². The van der Waals surface area contributed by atoms with Crippen LogP contribution < -0.4 is 11.5 Å². The maximum absolute atomic E-state index is 10.5. The van der Waals surface area contributed by atoms with Crippen LogP contribution >= 0.6 is 0 Å². The SMILES string of the molecule is CC(C)CC[C@](N)(O)C(N)=O. The molecule has 0 aromatic heterocycles. The predicted octanol–water partition coefficient (Wildman–Crippen LogP) is -0.445. The largest absolute Gasteiger partial charge is 0.368 e. The fourth-order valence-corrected chi connectivity index (χ4v) is 0.632. The van der Waals surface area contributed by atoms with Crippen LogP contribution in [0.1, 0.15) is 26.7 Å². The Labute approximate surface area is 66.6 Å². The summed E-state index contributed by atoms with van der Waals surface area (Å²) in [6, 6.07) is 0. The molecule has 4 heteroatoms. The van der Waals surface area contributed by atoms with Crippen molar-refractivity contribution >= 4 is 5.91 Å². The Morgan fingerprint density at radius 3 is 2.36 bits per heavy atom. The molecule has 4 nitrogen and oxygen atoms in total. The molecule has 11 heavy (non-hydrogen) atoms. The zero-order valence-electron chi connectivity index (χ0n) is 7.00. The van der Waals surface area contributed by atoms with Crippen molar-refractivity contribution in [3.63, 3.8) is 0 Å². The first kappa shape index (κ1) is 10.4. The zero-order chi connectivity index (χ0) is 9.07. The number of carbonyl (C=O) groups is 1. The number of rotatable bonds is 4. The highest BCUT2D eigenvalue weighted by Crippen LogP contribution is 2.10. The van der Waals surface area contributed by atoms with E-state index >= 15 is 0 Å². The molecular weight excluding hydrogens is 144 g/mol. The van der Waals surface area contributed by atoms with Crippen molar-refractivity contribution in [3.05, 3.63) is 0 Å². The first-order valence-corrected chi connectivity index (χ1v) is 3.67. The van der Waals surface area contributed by atoms with Crippen molar-refractivity contribution in [1.29, 1.82) is 0 Å². The second-order valence-corrected chi connectivity index (χ2v) is 3.22. The predicted molar refractivity (Wildman–Crippen MR) is 42.4 cm³/mol. The van der Waals surface area contributed by atoms with Gasteiger partial charge in [0.25, 0.3) is 5.91 Å². The Balaban J connectivity index is 3.83. The van der Waals surface area contributed by atoms with Gasteiger partial charge in [-0.3, -0.25) is 10.5 Å². The van der Waals surface area contributed by atoms with Gasteiger partial charge in [-0.05, 0) is 18.8 Å². The molecule has 66 valence electrons. The van der Waals surface area contributed by atoms with Crippen molar-refractivity contribution in [2.24, 2.45) is 17.4 Å². The number of hydrogen-bond donors (Lipinski definition) is 3. The molecule has 0 spiro atoms. The van der Waals surface area contributed by atoms with Gasteiger partial charge in [0.05, 0.1) is 0 Å². The second kappa shape index (κ2) is 3.69.